The number of carbonyl (C=O) groups is 2. The van der Waals surface area contributed by atoms with Gasteiger partial charge in [-0.2, -0.15) is 18.4 Å². The molecule has 6 nitrogen and oxygen atoms in total. The number of nitrogens with zero attached hydrogens (tertiary/aromatic N) is 2. The first-order chi connectivity index (χ1) is 12.4. The number of nitrogens with one attached hydrogen (secondary N) is 1. The van der Waals surface area contributed by atoms with Crippen LogP contribution in [0.1, 0.15) is 30.8 Å². The first-order valence-corrected chi connectivity index (χ1v) is 8.23. The Morgan fingerprint density at radius 1 is 1.37 bits per heavy atom. The van der Waals surface area contributed by atoms with Gasteiger partial charge in [0, 0.05) is 17.9 Å². The number of rotatable bonds is 7. The van der Waals surface area contributed by atoms with Gasteiger partial charge in [-0.3, -0.25) is 4.79 Å². The highest BCUT2D eigenvalue weighted by atomic mass is 19.4. The number of hydrogen-bond donors (Lipinski definition) is 1. The number of esters is 1. The van der Waals surface area contributed by atoms with E-state index in [9.17, 15) is 28.0 Å². The number of aromatic nitrogens is 1. The van der Waals surface area contributed by atoms with Crippen molar-refractivity contribution in [1.29, 1.82) is 5.26 Å². The maximum absolute atomic E-state index is 12.0. The Labute approximate surface area is 155 Å². The first-order valence-electron chi connectivity index (χ1n) is 8.23. The number of amides is 1. The van der Waals surface area contributed by atoms with Gasteiger partial charge in [0.25, 0.3) is 5.91 Å². The predicted octanol–water partition coefficient (Wildman–Crippen LogP) is 2.89. The molecule has 0 aliphatic carbocycles. The number of carbonyl (C=O) groups excluding carboxylic acids is 2. The van der Waals surface area contributed by atoms with E-state index in [-0.39, 0.29) is 5.57 Å². The lowest BCUT2D eigenvalue weighted by atomic mass is 10.1. The zero-order chi connectivity index (χ0) is 20.8. The minimum absolute atomic E-state index is 0.344. The molecule has 1 aromatic rings. The minimum atomic E-state index is -4.56. The van der Waals surface area contributed by atoms with Crippen LogP contribution in [0.2, 0.25) is 0 Å². The fraction of sp³-hybridized carbons (Fsp3) is 0.500. The Morgan fingerprint density at radius 3 is 2.52 bits per heavy atom. The summed E-state index contributed by atoms with van der Waals surface area (Å²) >= 11 is 0. The van der Waals surface area contributed by atoms with Crippen LogP contribution in [0.15, 0.2) is 11.6 Å². The summed E-state index contributed by atoms with van der Waals surface area (Å²) in [5.41, 5.74) is 2.14. The van der Waals surface area contributed by atoms with Gasteiger partial charge in [0.15, 0.2) is 6.61 Å². The molecule has 0 atom stereocenters. The molecule has 0 aliphatic heterocycles. The highest BCUT2D eigenvalue weighted by Gasteiger charge is 2.28. The summed E-state index contributed by atoms with van der Waals surface area (Å²) in [5.74, 6) is -1.77. The largest absolute Gasteiger partial charge is 0.451 e. The average molecular weight is 385 g/mol. The lowest BCUT2D eigenvalue weighted by Crippen LogP contribution is -2.36. The Kier molecular flexibility index (Phi) is 7.64. The molecule has 148 valence electrons. The van der Waals surface area contributed by atoms with Gasteiger partial charge in [0.1, 0.15) is 18.2 Å². The standard InChI is InChI=1S/C18H22F3N3O3/c1-11(2)8-24-12(3)5-14(13(24)4)6-15(7-22)17(26)27-9-16(25)23-10-18(19,20)21/h5-6,11H,8-10H2,1-4H3,(H,23,25). The first kappa shape index (κ1) is 22.3. The smallest absolute Gasteiger partial charge is 0.405 e. The average Bonchev–Trinajstić information content (AvgIpc) is 2.82. The minimum Gasteiger partial charge on any atom is -0.451 e. The second-order valence-corrected chi connectivity index (χ2v) is 6.47. The SMILES string of the molecule is Cc1cc(C=C(C#N)C(=O)OCC(=O)NCC(F)(F)F)c(C)n1CC(C)C. The molecule has 1 heterocycles. The normalized spacial score (nSPS) is 12.0. The second kappa shape index (κ2) is 9.26. The van der Waals surface area contributed by atoms with Gasteiger partial charge in [-0.25, -0.2) is 4.79 Å². The molecule has 0 saturated heterocycles. The van der Waals surface area contributed by atoms with E-state index in [2.05, 4.69) is 23.2 Å². The third kappa shape index (κ3) is 7.17. The molecule has 0 spiro atoms. The van der Waals surface area contributed by atoms with E-state index in [4.69, 9.17) is 0 Å². The number of halogens is 3. The van der Waals surface area contributed by atoms with Crippen molar-refractivity contribution < 1.29 is 27.5 Å². The van der Waals surface area contributed by atoms with Crippen molar-refractivity contribution in [3.8, 4) is 6.07 Å². The van der Waals surface area contributed by atoms with Crippen LogP contribution in [0.3, 0.4) is 0 Å². The van der Waals surface area contributed by atoms with Gasteiger partial charge >= 0.3 is 12.1 Å². The molecule has 27 heavy (non-hydrogen) atoms. The molecule has 1 amide bonds. The van der Waals surface area contributed by atoms with Crippen LogP contribution >= 0.6 is 0 Å². The summed E-state index contributed by atoms with van der Waals surface area (Å²) in [7, 11) is 0. The lowest BCUT2D eigenvalue weighted by molar-refractivity contribution is -0.148. The molecule has 0 fully saturated rings. The van der Waals surface area contributed by atoms with E-state index in [1.165, 1.54) is 6.08 Å². The fourth-order valence-corrected chi connectivity index (χ4v) is 2.37. The summed E-state index contributed by atoms with van der Waals surface area (Å²) in [6, 6.07) is 3.51. The van der Waals surface area contributed by atoms with Crippen molar-refractivity contribution in [2.75, 3.05) is 13.2 Å². The molecule has 1 aromatic heterocycles. The van der Waals surface area contributed by atoms with Crippen LogP contribution < -0.4 is 5.32 Å². The van der Waals surface area contributed by atoms with Crippen LogP contribution in [0.5, 0.6) is 0 Å². The monoisotopic (exact) mass is 385 g/mol. The van der Waals surface area contributed by atoms with Crippen molar-refractivity contribution in [2.24, 2.45) is 5.92 Å². The molecule has 0 unspecified atom stereocenters. The van der Waals surface area contributed by atoms with Crippen molar-refractivity contribution in [2.45, 2.75) is 40.4 Å². The molecule has 0 radical (unpaired) electrons. The molecule has 0 aromatic carbocycles. The molecule has 9 heteroatoms. The Morgan fingerprint density at radius 2 is 2.00 bits per heavy atom. The van der Waals surface area contributed by atoms with Crippen molar-refractivity contribution in [3.63, 3.8) is 0 Å². The topological polar surface area (TPSA) is 84.1 Å². The Bertz CT molecular complexity index is 771. The zero-order valence-electron chi connectivity index (χ0n) is 15.6. The van der Waals surface area contributed by atoms with Crippen LogP contribution in [0.4, 0.5) is 13.2 Å². The predicted molar refractivity (Wildman–Crippen MR) is 92.4 cm³/mol. The van der Waals surface area contributed by atoms with Gasteiger partial charge in [0.05, 0.1) is 0 Å². The van der Waals surface area contributed by atoms with E-state index in [1.54, 1.807) is 11.4 Å². The molecular formula is C18H22F3N3O3. The van der Waals surface area contributed by atoms with Gasteiger partial charge in [-0.05, 0) is 37.5 Å². The quantitative estimate of drug-likeness (QED) is 0.444. The fourth-order valence-electron chi connectivity index (χ4n) is 2.37. The third-order valence-electron chi connectivity index (χ3n) is 3.62. The van der Waals surface area contributed by atoms with E-state index in [1.807, 2.05) is 19.9 Å². The van der Waals surface area contributed by atoms with Gasteiger partial charge in [-0.15, -0.1) is 0 Å². The van der Waals surface area contributed by atoms with E-state index in [0.717, 1.165) is 17.9 Å². The second-order valence-electron chi connectivity index (χ2n) is 6.47. The van der Waals surface area contributed by atoms with Crippen LogP contribution in [-0.4, -0.2) is 35.8 Å². The van der Waals surface area contributed by atoms with Crippen LogP contribution in [0, 0.1) is 31.1 Å². The zero-order valence-corrected chi connectivity index (χ0v) is 15.6. The van der Waals surface area contributed by atoms with Crippen LogP contribution in [0.25, 0.3) is 6.08 Å². The summed E-state index contributed by atoms with van der Waals surface area (Å²) in [6.45, 7) is 6.24. The van der Waals surface area contributed by atoms with Crippen molar-refractivity contribution in [3.05, 3.63) is 28.6 Å². The highest BCUT2D eigenvalue weighted by molar-refractivity contribution is 5.99. The van der Waals surface area contributed by atoms with Gasteiger partial charge in [0.2, 0.25) is 0 Å². The summed E-state index contributed by atoms with van der Waals surface area (Å²) in [6.07, 6.45) is -3.22. The van der Waals surface area contributed by atoms with Gasteiger partial charge in [-0.1, -0.05) is 13.8 Å². The number of alkyl halides is 3. The number of hydrogen-bond acceptors (Lipinski definition) is 4. The molecule has 1 rings (SSSR count). The molecule has 0 bridgehead atoms. The number of nitriles is 1. The van der Waals surface area contributed by atoms with E-state index in [0.29, 0.717) is 11.5 Å². The van der Waals surface area contributed by atoms with Crippen LogP contribution in [-0.2, 0) is 20.9 Å². The maximum Gasteiger partial charge on any atom is 0.405 e. The summed E-state index contributed by atoms with van der Waals surface area (Å²) < 4.78 is 42.7. The summed E-state index contributed by atoms with van der Waals surface area (Å²) in [5, 5.41) is 10.7. The number of aryl methyl sites for hydroxylation is 1. The van der Waals surface area contributed by atoms with E-state index >= 15 is 0 Å². The molecule has 0 aliphatic rings. The number of ether oxygens (including phenoxy) is 1. The highest BCUT2D eigenvalue weighted by Crippen LogP contribution is 2.20. The maximum atomic E-state index is 12.0. The molecule has 1 N–H and O–H groups in total. The lowest BCUT2D eigenvalue weighted by Gasteiger charge is -2.12. The third-order valence-corrected chi connectivity index (χ3v) is 3.62. The van der Waals surface area contributed by atoms with Crippen molar-refractivity contribution >= 4 is 18.0 Å². The van der Waals surface area contributed by atoms with E-state index < -0.39 is 31.2 Å². The molecule has 0 saturated carbocycles. The Hall–Kier alpha value is -2.76. The molecular weight excluding hydrogens is 363 g/mol. The Balaban J connectivity index is 2.82. The summed E-state index contributed by atoms with van der Waals surface area (Å²) in [4.78, 5) is 23.2. The van der Waals surface area contributed by atoms with Gasteiger partial charge < -0.3 is 14.6 Å². The van der Waals surface area contributed by atoms with Crippen molar-refractivity contribution in [1.82, 2.24) is 9.88 Å².